The van der Waals surface area contributed by atoms with E-state index in [1.54, 1.807) is 11.8 Å². The Hall–Kier alpha value is -2.40. The highest BCUT2D eigenvalue weighted by molar-refractivity contribution is 7.89. The molecule has 0 N–H and O–H groups in total. The molecule has 0 radical (unpaired) electrons. The van der Waals surface area contributed by atoms with Crippen molar-refractivity contribution in [1.82, 2.24) is 9.21 Å². The van der Waals surface area contributed by atoms with E-state index in [4.69, 9.17) is 9.15 Å². The van der Waals surface area contributed by atoms with Gasteiger partial charge in [-0.1, -0.05) is 13.8 Å². The van der Waals surface area contributed by atoms with Gasteiger partial charge in [-0.05, 0) is 37.8 Å². The molecule has 1 saturated heterocycles. The molecule has 10 nitrogen and oxygen atoms in total. The van der Waals surface area contributed by atoms with Crippen LogP contribution in [-0.2, 0) is 29.1 Å². The number of sulfonamides is 1. The minimum absolute atomic E-state index is 0.0813. The van der Waals surface area contributed by atoms with Gasteiger partial charge in [-0.25, -0.2) is 13.2 Å². The number of hydrogen-bond acceptors (Lipinski definition) is 8. The van der Waals surface area contributed by atoms with E-state index in [0.29, 0.717) is 19.4 Å². The third kappa shape index (κ3) is 6.55. The summed E-state index contributed by atoms with van der Waals surface area (Å²) in [5.74, 6) is -1.47. The monoisotopic (exact) mass is 472 g/mol. The maximum Gasteiger partial charge on any atom is 0.374 e. The van der Waals surface area contributed by atoms with Crippen molar-refractivity contribution in [2.45, 2.75) is 45.1 Å². The van der Waals surface area contributed by atoms with E-state index in [-0.39, 0.29) is 67.2 Å². The minimum atomic E-state index is -3.93. The predicted molar refractivity (Wildman–Crippen MR) is 114 cm³/mol. The molecular weight excluding hydrogens is 440 g/mol. The van der Waals surface area contributed by atoms with Crippen molar-refractivity contribution in [3.8, 4) is 0 Å². The van der Waals surface area contributed by atoms with Gasteiger partial charge in [-0.3, -0.25) is 9.59 Å². The lowest BCUT2D eigenvalue weighted by atomic mass is 9.96. The van der Waals surface area contributed by atoms with Gasteiger partial charge in [0.2, 0.25) is 16.8 Å². The molecule has 0 unspecified atom stereocenters. The third-order valence-corrected chi connectivity index (χ3v) is 6.94. The zero-order valence-electron chi connectivity index (χ0n) is 19.0. The second-order valence-electron chi connectivity index (χ2n) is 8.02. The van der Waals surface area contributed by atoms with E-state index < -0.39 is 16.0 Å². The Kier molecular flexibility index (Phi) is 9.26. The first kappa shape index (κ1) is 25.9. The fourth-order valence-electron chi connectivity index (χ4n) is 3.56. The maximum atomic E-state index is 13.0. The first-order valence-electron chi connectivity index (χ1n) is 10.7. The molecule has 1 amide bonds. The van der Waals surface area contributed by atoms with Crippen LogP contribution in [-0.4, -0.2) is 75.4 Å². The lowest BCUT2D eigenvalue weighted by Crippen LogP contribution is -2.45. The van der Waals surface area contributed by atoms with E-state index in [0.717, 1.165) is 0 Å². The van der Waals surface area contributed by atoms with E-state index in [2.05, 4.69) is 4.74 Å². The highest BCUT2D eigenvalue weighted by Gasteiger charge is 2.35. The Labute approximate surface area is 188 Å². The van der Waals surface area contributed by atoms with Gasteiger partial charge in [0.1, 0.15) is 0 Å². The van der Waals surface area contributed by atoms with E-state index in [1.165, 1.54) is 23.5 Å². The molecule has 0 spiro atoms. The summed E-state index contributed by atoms with van der Waals surface area (Å²) in [6, 6.07) is 2.50. The SMILES string of the molecule is CCOC(=O)c1ccc(S(=O)(=O)N2CCC(C(=O)N(CCC(=O)OC)CC(C)C)CC2)o1. The molecule has 2 heterocycles. The third-order valence-electron chi connectivity index (χ3n) is 5.17. The van der Waals surface area contributed by atoms with Gasteiger partial charge in [0.25, 0.3) is 10.0 Å². The van der Waals surface area contributed by atoms with Crippen molar-refractivity contribution in [3.05, 3.63) is 17.9 Å². The quantitative estimate of drug-likeness (QED) is 0.473. The van der Waals surface area contributed by atoms with Gasteiger partial charge in [0, 0.05) is 32.1 Å². The van der Waals surface area contributed by atoms with Gasteiger partial charge in [0.15, 0.2) is 0 Å². The maximum absolute atomic E-state index is 13.0. The highest BCUT2D eigenvalue weighted by atomic mass is 32.2. The van der Waals surface area contributed by atoms with Crippen LogP contribution in [0.1, 0.15) is 50.6 Å². The minimum Gasteiger partial charge on any atom is -0.469 e. The number of carbonyl (C=O) groups excluding carboxylic acids is 3. The zero-order chi connectivity index (χ0) is 23.9. The lowest BCUT2D eigenvalue weighted by Gasteiger charge is -2.33. The summed E-state index contributed by atoms with van der Waals surface area (Å²) in [5.41, 5.74) is 0. The van der Waals surface area contributed by atoms with Gasteiger partial charge >= 0.3 is 11.9 Å². The molecule has 0 atom stereocenters. The zero-order valence-corrected chi connectivity index (χ0v) is 19.9. The first-order valence-corrected chi connectivity index (χ1v) is 12.2. The number of nitrogens with zero attached hydrogens (tertiary/aromatic N) is 2. The van der Waals surface area contributed by atoms with Crippen LogP contribution in [0.2, 0.25) is 0 Å². The van der Waals surface area contributed by atoms with Crippen molar-refractivity contribution in [2.24, 2.45) is 11.8 Å². The van der Waals surface area contributed by atoms with Crippen LogP contribution in [0.25, 0.3) is 0 Å². The fraction of sp³-hybridized carbons (Fsp3) is 0.667. The lowest BCUT2D eigenvalue weighted by molar-refractivity contribution is -0.143. The van der Waals surface area contributed by atoms with Crippen molar-refractivity contribution >= 4 is 27.9 Å². The van der Waals surface area contributed by atoms with Crippen LogP contribution in [0, 0.1) is 11.8 Å². The molecule has 1 aliphatic heterocycles. The van der Waals surface area contributed by atoms with Gasteiger partial charge < -0.3 is 18.8 Å². The summed E-state index contributed by atoms with van der Waals surface area (Å²) in [7, 11) is -2.62. The van der Waals surface area contributed by atoms with Crippen LogP contribution in [0.15, 0.2) is 21.6 Å². The average molecular weight is 473 g/mol. The summed E-state index contributed by atoms with van der Waals surface area (Å²) in [4.78, 5) is 37.9. The van der Waals surface area contributed by atoms with Crippen LogP contribution in [0.4, 0.5) is 0 Å². The summed E-state index contributed by atoms with van der Waals surface area (Å²) in [6.45, 7) is 6.85. The average Bonchev–Trinajstić information content (AvgIpc) is 3.27. The second-order valence-corrected chi connectivity index (χ2v) is 9.89. The Morgan fingerprint density at radius 3 is 2.44 bits per heavy atom. The molecule has 0 bridgehead atoms. The number of ether oxygens (including phenoxy) is 2. The van der Waals surface area contributed by atoms with E-state index in [1.807, 2.05) is 13.8 Å². The van der Waals surface area contributed by atoms with Crippen molar-refractivity contribution in [2.75, 3.05) is 39.9 Å². The number of hydrogen-bond donors (Lipinski definition) is 0. The molecule has 2 rings (SSSR count). The Balaban J connectivity index is 2.01. The van der Waals surface area contributed by atoms with Crippen LogP contribution in [0.5, 0.6) is 0 Å². The molecule has 180 valence electrons. The van der Waals surface area contributed by atoms with Crippen LogP contribution in [0.3, 0.4) is 0 Å². The molecule has 0 saturated carbocycles. The molecule has 32 heavy (non-hydrogen) atoms. The number of piperidine rings is 1. The second kappa shape index (κ2) is 11.5. The summed E-state index contributed by atoms with van der Waals surface area (Å²) in [5, 5.41) is -0.329. The van der Waals surface area contributed by atoms with Crippen LogP contribution < -0.4 is 0 Å². The summed E-state index contributed by atoms with van der Waals surface area (Å²) in [6.07, 6.45) is 0.829. The molecule has 11 heteroatoms. The Morgan fingerprint density at radius 2 is 1.88 bits per heavy atom. The van der Waals surface area contributed by atoms with Crippen LogP contribution >= 0.6 is 0 Å². The summed E-state index contributed by atoms with van der Waals surface area (Å²) >= 11 is 0. The van der Waals surface area contributed by atoms with E-state index >= 15 is 0 Å². The molecule has 1 aromatic heterocycles. The number of esters is 2. The smallest absolute Gasteiger partial charge is 0.374 e. The predicted octanol–water partition coefficient (Wildman–Crippen LogP) is 1.90. The molecule has 0 aromatic carbocycles. The number of furan rings is 1. The summed E-state index contributed by atoms with van der Waals surface area (Å²) < 4.78 is 41.7. The Morgan fingerprint density at radius 1 is 1.22 bits per heavy atom. The first-order chi connectivity index (χ1) is 15.1. The Bertz CT molecular complexity index is 901. The molecule has 0 aliphatic carbocycles. The van der Waals surface area contributed by atoms with Gasteiger partial charge in [-0.2, -0.15) is 4.31 Å². The molecule has 1 aliphatic rings. The number of methoxy groups -OCH3 is 1. The topological polar surface area (TPSA) is 123 Å². The number of carbonyl (C=O) groups is 3. The van der Waals surface area contributed by atoms with Crippen molar-refractivity contribution in [1.29, 1.82) is 0 Å². The van der Waals surface area contributed by atoms with Gasteiger partial charge in [0.05, 0.1) is 20.1 Å². The molecule has 1 fully saturated rings. The molecule has 1 aromatic rings. The van der Waals surface area contributed by atoms with Crippen molar-refractivity contribution in [3.63, 3.8) is 0 Å². The normalized spacial score (nSPS) is 15.5. The number of rotatable bonds is 10. The van der Waals surface area contributed by atoms with Crippen molar-refractivity contribution < 1.29 is 36.7 Å². The van der Waals surface area contributed by atoms with Gasteiger partial charge in [-0.15, -0.1) is 0 Å². The molecular formula is C21H32N2O8S. The number of amides is 1. The largest absolute Gasteiger partial charge is 0.469 e. The highest BCUT2D eigenvalue weighted by Crippen LogP contribution is 2.26. The standard InChI is InChI=1S/C21H32N2O8S/c1-5-30-21(26)17-6-7-19(31-17)32(27,28)23-12-8-16(9-13-23)20(25)22(14-15(2)3)11-10-18(24)29-4/h6-7,15-16H,5,8-14H2,1-4H3. The fourth-order valence-corrected chi connectivity index (χ4v) is 4.94. The van der Waals surface area contributed by atoms with E-state index in [9.17, 15) is 22.8 Å².